The van der Waals surface area contributed by atoms with E-state index in [4.69, 9.17) is 4.42 Å². The zero-order valence-electron chi connectivity index (χ0n) is 18.0. The molecule has 3 aromatic rings. The van der Waals surface area contributed by atoms with Gasteiger partial charge in [0, 0.05) is 16.6 Å². The summed E-state index contributed by atoms with van der Waals surface area (Å²) in [7, 11) is 0. The van der Waals surface area contributed by atoms with Crippen LogP contribution in [0.4, 0.5) is 5.69 Å². The van der Waals surface area contributed by atoms with Gasteiger partial charge >= 0.3 is 0 Å². The van der Waals surface area contributed by atoms with Crippen molar-refractivity contribution in [2.75, 3.05) is 4.90 Å². The van der Waals surface area contributed by atoms with E-state index < -0.39 is 6.04 Å². The molecule has 0 bridgehead atoms. The zero-order chi connectivity index (χ0) is 21.8. The number of nitrogens with one attached hydrogen (secondary N) is 1. The Hall–Kier alpha value is -2.86. The number of hydrogen-bond donors (Lipinski definition) is 1. The molecule has 162 valence electrons. The quantitative estimate of drug-likeness (QED) is 0.544. The number of carbonyl (C=O) groups is 2. The van der Waals surface area contributed by atoms with Gasteiger partial charge in [-0.05, 0) is 62.4 Å². The fourth-order valence-corrected chi connectivity index (χ4v) is 4.81. The van der Waals surface area contributed by atoms with Crippen molar-refractivity contribution in [1.29, 1.82) is 0 Å². The number of thiophene rings is 1. The van der Waals surface area contributed by atoms with Crippen LogP contribution < -0.4 is 10.2 Å². The first kappa shape index (κ1) is 21.4. The number of carbonyl (C=O) groups excluding carboxylic acids is 2. The second-order valence-corrected chi connectivity index (χ2v) is 9.23. The van der Waals surface area contributed by atoms with Crippen molar-refractivity contribution in [2.45, 2.75) is 58.0 Å². The molecule has 6 heteroatoms. The normalized spacial score (nSPS) is 15.0. The molecule has 31 heavy (non-hydrogen) atoms. The van der Waals surface area contributed by atoms with Crippen LogP contribution in [0.2, 0.25) is 0 Å². The van der Waals surface area contributed by atoms with Crippen LogP contribution in [0.15, 0.2) is 58.3 Å². The number of furan rings is 1. The van der Waals surface area contributed by atoms with Crippen molar-refractivity contribution >= 4 is 28.8 Å². The summed E-state index contributed by atoms with van der Waals surface area (Å²) in [4.78, 5) is 29.7. The molecule has 4 rings (SSSR count). The Morgan fingerprint density at radius 1 is 1.10 bits per heavy atom. The van der Waals surface area contributed by atoms with Gasteiger partial charge < -0.3 is 9.73 Å². The first-order chi connectivity index (χ1) is 15.0. The van der Waals surface area contributed by atoms with Crippen LogP contribution >= 0.6 is 11.3 Å². The third-order valence-corrected chi connectivity index (χ3v) is 6.60. The summed E-state index contributed by atoms with van der Waals surface area (Å²) in [5, 5.41) is 5.13. The smallest absolute Gasteiger partial charge is 0.251 e. The monoisotopic (exact) mass is 436 g/mol. The molecule has 1 fully saturated rings. The summed E-state index contributed by atoms with van der Waals surface area (Å²) in [6, 6.07) is 14.5. The Morgan fingerprint density at radius 2 is 1.84 bits per heavy atom. The van der Waals surface area contributed by atoms with Gasteiger partial charge in [0.05, 0.1) is 6.42 Å². The van der Waals surface area contributed by atoms with E-state index >= 15 is 0 Å². The van der Waals surface area contributed by atoms with Crippen molar-refractivity contribution in [3.8, 4) is 0 Å². The zero-order valence-corrected chi connectivity index (χ0v) is 18.8. The van der Waals surface area contributed by atoms with Gasteiger partial charge in [-0.2, -0.15) is 0 Å². The van der Waals surface area contributed by atoms with Gasteiger partial charge in [0.25, 0.3) is 5.91 Å². The first-order valence-electron chi connectivity index (χ1n) is 10.8. The van der Waals surface area contributed by atoms with E-state index in [1.165, 1.54) is 0 Å². The predicted octanol–water partition coefficient (Wildman–Crippen LogP) is 5.33. The SMILES string of the molecule is Cc1ccc(N(C(=O)Cc2cccs2)C(C(=O)NC2CCCC2)c2ccc(C)o2)cc1. The van der Waals surface area contributed by atoms with E-state index in [1.54, 1.807) is 22.3 Å². The molecule has 0 spiro atoms. The molecular weight excluding hydrogens is 408 g/mol. The molecule has 1 aliphatic rings. The van der Waals surface area contributed by atoms with Gasteiger partial charge in [-0.25, -0.2) is 0 Å². The van der Waals surface area contributed by atoms with Crippen molar-refractivity contribution < 1.29 is 14.0 Å². The maximum absolute atomic E-state index is 13.6. The molecule has 1 atom stereocenters. The van der Waals surface area contributed by atoms with Gasteiger partial charge in [-0.15, -0.1) is 11.3 Å². The Bertz CT molecular complexity index is 1020. The van der Waals surface area contributed by atoms with Crippen LogP contribution in [0.25, 0.3) is 0 Å². The van der Waals surface area contributed by atoms with E-state index in [2.05, 4.69) is 5.32 Å². The van der Waals surface area contributed by atoms with Gasteiger partial charge in [0.2, 0.25) is 5.91 Å². The summed E-state index contributed by atoms with van der Waals surface area (Å²) in [5.74, 6) is 0.865. The lowest BCUT2D eigenvalue weighted by Gasteiger charge is -2.31. The van der Waals surface area contributed by atoms with Gasteiger partial charge in [-0.3, -0.25) is 14.5 Å². The first-order valence-corrected chi connectivity index (χ1v) is 11.7. The Morgan fingerprint density at radius 3 is 2.45 bits per heavy atom. The van der Waals surface area contributed by atoms with E-state index in [-0.39, 0.29) is 24.3 Å². The highest BCUT2D eigenvalue weighted by molar-refractivity contribution is 7.10. The molecule has 1 N–H and O–H groups in total. The highest BCUT2D eigenvalue weighted by Gasteiger charge is 2.36. The largest absolute Gasteiger partial charge is 0.464 e. The van der Waals surface area contributed by atoms with Crippen LogP contribution in [-0.2, 0) is 16.0 Å². The number of anilines is 1. The van der Waals surface area contributed by atoms with Crippen molar-refractivity contribution in [3.63, 3.8) is 0 Å². The summed E-state index contributed by atoms with van der Waals surface area (Å²) in [5.41, 5.74) is 1.78. The molecule has 0 radical (unpaired) electrons. The third-order valence-electron chi connectivity index (χ3n) is 5.73. The molecule has 5 nitrogen and oxygen atoms in total. The predicted molar refractivity (Wildman–Crippen MR) is 123 cm³/mol. The van der Waals surface area contributed by atoms with Gasteiger partial charge in [-0.1, -0.05) is 36.6 Å². The fourth-order valence-electron chi connectivity index (χ4n) is 4.11. The van der Waals surface area contributed by atoms with E-state index in [0.29, 0.717) is 17.2 Å². The molecule has 2 amide bonds. The number of hydrogen-bond acceptors (Lipinski definition) is 4. The summed E-state index contributed by atoms with van der Waals surface area (Å²) in [6.45, 7) is 3.85. The van der Waals surface area contributed by atoms with Crippen LogP contribution in [0, 0.1) is 13.8 Å². The fraction of sp³-hybridized carbons (Fsp3) is 0.360. The molecule has 2 aromatic heterocycles. The van der Waals surface area contributed by atoms with Crippen molar-refractivity contribution in [1.82, 2.24) is 5.32 Å². The maximum atomic E-state index is 13.6. The summed E-state index contributed by atoms with van der Waals surface area (Å²) >= 11 is 1.54. The molecule has 0 saturated heterocycles. The summed E-state index contributed by atoms with van der Waals surface area (Å²) < 4.78 is 5.89. The molecule has 1 saturated carbocycles. The third kappa shape index (κ3) is 5.07. The molecule has 1 unspecified atom stereocenters. The molecule has 1 aliphatic carbocycles. The lowest BCUT2D eigenvalue weighted by molar-refractivity contribution is -0.127. The second-order valence-electron chi connectivity index (χ2n) is 8.20. The summed E-state index contributed by atoms with van der Waals surface area (Å²) in [6.07, 6.45) is 4.42. The van der Waals surface area contributed by atoms with Crippen LogP contribution in [0.3, 0.4) is 0 Å². The molecular formula is C25H28N2O3S. The van der Waals surface area contributed by atoms with Crippen LogP contribution in [0.5, 0.6) is 0 Å². The Balaban J connectivity index is 1.73. The topological polar surface area (TPSA) is 62.6 Å². The minimum Gasteiger partial charge on any atom is -0.464 e. The van der Waals surface area contributed by atoms with E-state index in [0.717, 1.165) is 36.1 Å². The number of rotatable bonds is 7. The standard InChI is InChI=1S/C25H28N2O3S/c1-17-9-12-20(13-10-17)27(23(28)16-21-8-5-15-31-21)24(22-14-11-18(2)30-22)25(29)26-19-6-3-4-7-19/h5,8-15,19,24H,3-4,6-7,16H2,1-2H3,(H,26,29). The maximum Gasteiger partial charge on any atom is 0.251 e. The van der Waals surface area contributed by atoms with E-state index in [1.807, 2.05) is 61.7 Å². The molecule has 1 aromatic carbocycles. The molecule has 0 aliphatic heterocycles. The number of aryl methyl sites for hydroxylation is 2. The molecule has 2 heterocycles. The Kier molecular flexibility index (Phi) is 6.56. The number of nitrogens with zero attached hydrogens (tertiary/aromatic N) is 1. The highest BCUT2D eigenvalue weighted by Crippen LogP contribution is 2.31. The van der Waals surface area contributed by atoms with Gasteiger partial charge in [0.15, 0.2) is 6.04 Å². The van der Waals surface area contributed by atoms with Crippen LogP contribution in [0.1, 0.15) is 53.7 Å². The highest BCUT2D eigenvalue weighted by atomic mass is 32.1. The number of amides is 2. The number of benzene rings is 1. The van der Waals surface area contributed by atoms with Crippen molar-refractivity contribution in [3.05, 3.63) is 75.9 Å². The van der Waals surface area contributed by atoms with E-state index in [9.17, 15) is 9.59 Å². The minimum atomic E-state index is -0.857. The lowest BCUT2D eigenvalue weighted by Crippen LogP contribution is -2.46. The second kappa shape index (κ2) is 9.52. The van der Waals surface area contributed by atoms with Crippen molar-refractivity contribution in [2.24, 2.45) is 0 Å². The lowest BCUT2D eigenvalue weighted by atomic mass is 10.1. The van der Waals surface area contributed by atoms with Crippen LogP contribution in [-0.4, -0.2) is 17.9 Å². The average molecular weight is 437 g/mol. The Labute approximate surface area is 187 Å². The average Bonchev–Trinajstić information content (AvgIpc) is 3.51. The van der Waals surface area contributed by atoms with Gasteiger partial charge in [0.1, 0.15) is 11.5 Å². The minimum absolute atomic E-state index is 0.132.